The molecule has 0 aromatic heterocycles. The summed E-state index contributed by atoms with van der Waals surface area (Å²) in [4.78, 5) is 0. The Kier molecular flexibility index (Phi) is 10.4. The summed E-state index contributed by atoms with van der Waals surface area (Å²) in [5.74, 6) is 1.98. The predicted molar refractivity (Wildman–Crippen MR) is 156 cm³/mol. The highest BCUT2D eigenvalue weighted by atomic mass is 28.3. The molecule has 0 aliphatic rings. The van der Waals surface area contributed by atoms with Crippen LogP contribution in [0.5, 0.6) is 11.5 Å². The van der Waals surface area contributed by atoms with Crippen LogP contribution in [0.3, 0.4) is 0 Å². The van der Waals surface area contributed by atoms with Crippen molar-refractivity contribution in [2.45, 2.75) is 52.5 Å². The van der Waals surface area contributed by atoms with Crippen molar-refractivity contribution in [2.75, 3.05) is 26.4 Å². The van der Waals surface area contributed by atoms with E-state index >= 15 is 0 Å². The molecule has 0 saturated heterocycles. The molecule has 0 amide bonds. The summed E-state index contributed by atoms with van der Waals surface area (Å²) in [6.45, 7) is 17.5. The van der Waals surface area contributed by atoms with Crippen LogP contribution in [0.4, 0.5) is 0 Å². The maximum atomic E-state index is 6.34. The molecule has 0 aliphatic heterocycles. The summed E-state index contributed by atoms with van der Waals surface area (Å²) in [5.41, 5.74) is 2.35. The lowest BCUT2D eigenvalue weighted by molar-refractivity contribution is 0.0883. The molecule has 0 spiro atoms. The maximum absolute atomic E-state index is 6.34. The Labute approximate surface area is 219 Å². The molecule has 0 saturated carbocycles. The third kappa shape index (κ3) is 8.93. The topological polar surface area (TPSA) is 36.9 Å². The van der Waals surface area contributed by atoms with Crippen LogP contribution in [0.25, 0.3) is 0 Å². The van der Waals surface area contributed by atoms with Gasteiger partial charge in [0.1, 0.15) is 24.7 Å². The van der Waals surface area contributed by atoms with E-state index in [9.17, 15) is 0 Å². The molecule has 3 aromatic carbocycles. The lowest BCUT2D eigenvalue weighted by Gasteiger charge is -2.27. The van der Waals surface area contributed by atoms with E-state index in [1.165, 1.54) is 21.5 Å². The lowest BCUT2D eigenvalue weighted by Crippen LogP contribution is -2.44. The fourth-order valence-corrected chi connectivity index (χ4v) is 6.82. The zero-order valence-corrected chi connectivity index (χ0v) is 24.8. The van der Waals surface area contributed by atoms with Crippen LogP contribution < -0.4 is 19.8 Å². The van der Waals surface area contributed by atoms with Crippen molar-refractivity contribution < 1.29 is 18.9 Å². The average molecular weight is 523 g/mol. The van der Waals surface area contributed by atoms with E-state index < -0.39 is 16.1 Å². The minimum absolute atomic E-state index is 0.531. The normalized spacial score (nSPS) is 11.9. The van der Waals surface area contributed by atoms with Gasteiger partial charge in [-0.15, -0.1) is 0 Å². The quantitative estimate of drug-likeness (QED) is 0.193. The number of hydrogen-bond acceptors (Lipinski definition) is 4. The molecule has 0 N–H and O–H groups in total. The predicted octanol–water partition coefficient (Wildman–Crippen LogP) is 5.97. The first-order chi connectivity index (χ1) is 17.1. The molecule has 0 aliphatic carbocycles. The van der Waals surface area contributed by atoms with Crippen molar-refractivity contribution in [3.63, 3.8) is 0 Å². The van der Waals surface area contributed by atoms with Crippen molar-refractivity contribution in [3.8, 4) is 11.5 Å². The number of benzene rings is 3. The van der Waals surface area contributed by atoms with Crippen LogP contribution >= 0.6 is 0 Å². The first-order valence-corrected chi connectivity index (χ1v) is 19.8. The summed E-state index contributed by atoms with van der Waals surface area (Å²) in [6, 6.07) is 25.0. The molecule has 0 atom stereocenters. The van der Waals surface area contributed by atoms with Gasteiger partial charge in [0.2, 0.25) is 0 Å². The van der Waals surface area contributed by atoms with Gasteiger partial charge in [0, 0.05) is 0 Å². The third-order valence-electron chi connectivity index (χ3n) is 5.89. The fourth-order valence-electron chi connectivity index (χ4n) is 3.92. The van der Waals surface area contributed by atoms with E-state index in [4.69, 9.17) is 18.9 Å². The summed E-state index contributed by atoms with van der Waals surface area (Å²) in [7, 11) is -3.35. The van der Waals surface area contributed by atoms with Gasteiger partial charge in [-0.3, -0.25) is 0 Å². The van der Waals surface area contributed by atoms with Gasteiger partial charge in [0.05, 0.1) is 42.6 Å². The standard InChI is InChI=1S/C30H42O4Si2/c1-35(2,3)29-21-28(34-20-18-32-24-26-15-11-8-12-16-26)30(36(4,5)6)22-27(29)33-19-17-31-23-25-13-9-7-10-14-25/h7-16,21-22H,17-20,23-24H2,1-6H3. The first kappa shape index (κ1) is 28.2. The van der Waals surface area contributed by atoms with E-state index in [0.717, 1.165) is 11.5 Å². The van der Waals surface area contributed by atoms with Crippen LogP contribution in [-0.2, 0) is 22.7 Å². The minimum atomic E-state index is -1.67. The highest BCUT2D eigenvalue weighted by Gasteiger charge is 2.28. The van der Waals surface area contributed by atoms with E-state index in [1.54, 1.807) is 0 Å². The zero-order valence-electron chi connectivity index (χ0n) is 22.8. The molecule has 36 heavy (non-hydrogen) atoms. The second-order valence-corrected chi connectivity index (χ2v) is 21.2. The number of rotatable bonds is 14. The van der Waals surface area contributed by atoms with E-state index in [-0.39, 0.29) is 0 Å². The Hall–Kier alpha value is -2.39. The third-order valence-corrected chi connectivity index (χ3v) is 9.90. The Balaban J connectivity index is 1.64. The zero-order chi connectivity index (χ0) is 26.0. The largest absolute Gasteiger partial charge is 0.491 e. The van der Waals surface area contributed by atoms with Gasteiger partial charge >= 0.3 is 0 Å². The van der Waals surface area contributed by atoms with Crippen LogP contribution in [0.2, 0.25) is 39.3 Å². The molecular weight excluding hydrogens is 480 g/mol. The fraction of sp³-hybridized carbons (Fsp3) is 0.400. The van der Waals surface area contributed by atoms with Crippen LogP contribution in [-0.4, -0.2) is 42.6 Å². The summed E-state index contributed by atoms with van der Waals surface area (Å²) in [6.07, 6.45) is 0. The molecule has 4 nitrogen and oxygen atoms in total. The minimum Gasteiger partial charge on any atom is -0.491 e. The highest BCUT2D eigenvalue weighted by molar-refractivity contribution is 6.91. The molecule has 3 rings (SSSR count). The molecule has 6 heteroatoms. The monoisotopic (exact) mass is 522 g/mol. The second-order valence-electron chi connectivity index (χ2n) is 11.1. The molecule has 0 heterocycles. The van der Waals surface area contributed by atoms with Gasteiger partial charge in [-0.25, -0.2) is 0 Å². The van der Waals surface area contributed by atoms with Gasteiger partial charge in [0.25, 0.3) is 0 Å². The maximum Gasteiger partial charge on any atom is 0.118 e. The van der Waals surface area contributed by atoms with E-state index in [0.29, 0.717) is 39.6 Å². The Morgan fingerprint density at radius 3 is 1.19 bits per heavy atom. The van der Waals surface area contributed by atoms with Crippen molar-refractivity contribution in [1.82, 2.24) is 0 Å². The van der Waals surface area contributed by atoms with Crippen molar-refractivity contribution in [1.29, 1.82) is 0 Å². The van der Waals surface area contributed by atoms with Gasteiger partial charge in [-0.2, -0.15) is 0 Å². The van der Waals surface area contributed by atoms with E-state index in [2.05, 4.69) is 75.7 Å². The average Bonchev–Trinajstić information content (AvgIpc) is 2.84. The van der Waals surface area contributed by atoms with Gasteiger partial charge in [-0.1, -0.05) is 99.9 Å². The summed E-state index contributed by atoms with van der Waals surface area (Å²) < 4.78 is 24.4. The van der Waals surface area contributed by atoms with Gasteiger partial charge in [-0.05, 0) is 33.6 Å². The number of ether oxygens (including phenoxy) is 4. The molecular formula is C30H42O4Si2. The SMILES string of the molecule is C[Si](C)(C)c1cc(OCCOCc2ccccc2)c([Si](C)(C)C)cc1OCCOCc1ccccc1. The van der Waals surface area contributed by atoms with Crippen LogP contribution in [0, 0.1) is 0 Å². The van der Waals surface area contributed by atoms with Crippen molar-refractivity contribution in [3.05, 3.63) is 83.9 Å². The summed E-state index contributed by atoms with van der Waals surface area (Å²) in [5, 5.41) is 2.57. The number of hydrogen-bond donors (Lipinski definition) is 0. The Morgan fingerprint density at radius 1 is 0.500 bits per heavy atom. The van der Waals surface area contributed by atoms with Crippen LogP contribution in [0.1, 0.15) is 11.1 Å². The van der Waals surface area contributed by atoms with Gasteiger partial charge < -0.3 is 18.9 Å². The summed E-state index contributed by atoms with van der Waals surface area (Å²) >= 11 is 0. The second kappa shape index (κ2) is 13.2. The Bertz CT molecular complexity index is 971. The van der Waals surface area contributed by atoms with Gasteiger partial charge in [0.15, 0.2) is 0 Å². The molecule has 3 aromatic rings. The molecule has 194 valence electrons. The molecule has 0 fully saturated rings. The molecule has 0 bridgehead atoms. The van der Waals surface area contributed by atoms with Crippen LogP contribution in [0.15, 0.2) is 72.8 Å². The smallest absolute Gasteiger partial charge is 0.118 e. The molecule has 0 unspecified atom stereocenters. The van der Waals surface area contributed by atoms with Crippen molar-refractivity contribution in [2.24, 2.45) is 0 Å². The Morgan fingerprint density at radius 2 is 0.861 bits per heavy atom. The van der Waals surface area contributed by atoms with Crippen molar-refractivity contribution >= 4 is 26.5 Å². The highest BCUT2D eigenvalue weighted by Crippen LogP contribution is 2.23. The van der Waals surface area contributed by atoms with E-state index in [1.807, 2.05) is 36.4 Å². The first-order valence-electron chi connectivity index (χ1n) is 12.8. The molecule has 0 radical (unpaired) electrons. The lowest BCUT2D eigenvalue weighted by atomic mass is 10.2.